The lowest BCUT2D eigenvalue weighted by atomic mass is 9.88. The topological polar surface area (TPSA) is 92.8 Å². The number of nitrogens with zero attached hydrogens (tertiary/aromatic N) is 2. The van der Waals surface area contributed by atoms with Crippen molar-refractivity contribution in [3.05, 3.63) is 95.8 Å². The molecule has 0 aliphatic carbocycles. The first-order valence-electron chi connectivity index (χ1n) is 13.7. The van der Waals surface area contributed by atoms with Gasteiger partial charge in [0, 0.05) is 28.7 Å². The molecular weight excluding hydrogens is 504 g/mol. The second-order valence-electron chi connectivity index (χ2n) is 10.5. The molecule has 1 aliphatic rings. The summed E-state index contributed by atoms with van der Waals surface area (Å²) in [5.41, 5.74) is 5.25. The van der Waals surface area contributed by atoms with Crippen molar-refractivity contribution in [2.24, 2.45) is 0 Å². The summed E-state index contributed by atoms with van der Waals surface area (Å²) in [6.07, 6.45) is 9.13. The van der Waals surface area contributed by atoms with E-state index in [1.54, 1.807) is 30.5 Å². The molecule has 6 nitrogen and oxygen atoms in total. The normalized spacial score (nSPS) is 15.2. The molecule has 3 aromatic carbocycles. The van der Waals surface area contributed by atoms with Crippen LogP contribution in [0.3, 0.4) is 0 Å². The second kappa shape index (κ2) is 10.7. The lowest BCUT2D eigenvalue weighted by Crippen LogP contribution is -2.33. The van der Waals surface area contributed by atoms with Gasteiger partial charge in [0.2, 0.25) is 9.84 Å². The molecule has 6 rings (SSSR count). The summed E-state index contributed by atoms with van der Waals surface area (Å²) >= 11 is 0. The number of unbranched alkanes of at least 4 members (excludes halogenated alkanes) is 1. The van der Waals surface area contributed by atoms with E-state index in [2.05, 4.69) is 33.2 Å². The van der Waals surface area contributed by atoms with Gasteiger partial charge in [0.15, 0.2) is 0 Å². The van der Waals surface area contributed by atoms with Gasteiger partial charge in [-0.25, -0.2) is 8.42 Å². The lowest BCUT2D eigenvalue weighted by Gasteiger charge is -2.32. The number of aryl methyl sites for hydroxylation is 1. The molecule has 3 heterocycles. The maximum absolute atomic E-state index is 13.3. The van der Waals surface area contributed by atoms with Crippen LogP contribution in [0.25, 0.3) is 21.8 Å². The number of hydrogen-bond acceptors (Lipinski definition) is 4. The number of para-hydroxylation sites is 1. The van der Waals surface area contributed by atoms with Crippen molar-refractivity contribution in [3.8, 4) is 6.07 Å². The fraction of sp³-hybridized carbons (Fsp3) is 0.281. The van der Waals surface area contributed by atoms with Gasteiger partial charge < -0.3 is 14.9 Å². The zero-order valence-corrected chi connectivity index (χ0v) is 22.7. The van der Waals surface area contributed by atoms with Gasteiger partial charge in [0.25, 0.3) is 0 Å². The van der Waals surface area contributed by atoms with Crippen LogP contribution < -0.4 is 0 Å². The number of aromatic nitrogens is 2. The Hall–Kier alpha value is -3.86. The third kappa shape index (κ3) is 4.98. The summed E-state index contributed by atoms with van der Waals surface area (Å²) in [6, 6.07) is 22.8. The van der Waals surface area contributed by atoms with E-state index in [0.29, 0.717) is 21.3 Å². The van der Waals surface area contributed by atoms with E-state index in [-0.39, 0.29) is 0 Å². The standard InChI is InChI=1S/C32H32N4O2S/c33-20-23-12-13-30-29(19-23)25(21-34-30)7-4-5-16-36-17-14-24(15-18-36)27-10-6-11-28-31(22-35-32(27)28)39(37,38)26-8-2-1-3-9-26/h1-3,6,8-13,19,21-22,24,34-35H,4-5,7,14-18H2. The summed E-state index contributed by atoms with van der Waals surface area (Å²) in [4.78, 5) is 9.85. The molecule has 0 bridgehead atoms. The van der Waals surface area contributed by atoms with Crippen molar-refractivity contribution in [3.63, 3.8) is 0 Å². The summed E-state index contributed by atoms with van der Waals surface area (Å²) in [6.45, 7) is 3.19. The highest BCUT2D eigenvalue weighted by atomic mass is 32.2. The second-order valence-corrected chi connectivity index (χ2v) is 12.4. The minimum absolute atomic E-state index is 0.321. The quantitative estimate of drug-likeness (QED) is 0.220. The number of hydrogen-bond donors (Lipinski definition) is 2. The van der Waals surface area contributed by atoms with Gasteiger partial charge in [-0.2, -0.15) is 5.26 Å². The number of piperidine rings is 1. The van der Waals surface area contributed by atoms with E-state index < -0.39 is 9.84 Å². The van der Waals surface area contributed by atoms with Crippen LogP contribution >= 0.6 is 0 Å². The minimum Gasteiger partial charge on any atom is -0.361 e. The molecule has 0 atom stereocenters. The van der Waals surface area contributed by atoms with Gasteiger partial charge in [-0.3, -0.25) is 0 Å². The smallest absolute Gasteiger partial charge is 0.208 e. The van der Waals surface area contributed by atoms with Gasteiger partial charge >= 0.3 is 0 Å². The van der Waals surface area contributed by atoms with Crippen LogP contribution in [0.2, 0.25) is 0 Å². The van der Waals surface area contributed by atoms with Crippen LogP contribution in [0.1, 0.15) is 48.3 Å². The number of aromatic amines is 2. The van der Waals surface area contributed by atoms with Crippen LogP contribution in [0.4, 0.5) is 0 Å². The minimum atomic E-state index is -3.58. The van der Waals surface area contributed by atoms with Crippen molar-refractivity contribution in [1.82, 2.24) is 14.9 Å². The van der Waals surface area contributed by atoms with E-state index in [9.17, 15) is 13.7 Å². The summed E-state index contributed by atoms with van der Waals surface area (Å²) in [5.74, 6) is 0.413. The number of nitrogens with one attached hydrogen (secondary N) is 2. The predicted molar refractivity (Wildman–Crippen MR) is 155 cm³/mol. The van der Waals surface area contributed by atoms with Crippen LogP contribution in [-0.2, 0) is 16.3 Å². The summed E-state index contributed by atoms with van der Waals surface area (Å²) < 4.78 is 26.6. The largest absolute Gasteiger partial charge is 0.361 e. The van der Waals surface area contributed by atoms with E-state index in [0.717, 1.165) is 73.5 Å². The number of sulfone groups is 1. The Labute approximate surface area is 229 Å². The van der Waals surface area contributed by atoms with Crippen molar-refractivity contribution >= 4 is 31.6 Å². The van der Waals surface area contributed by atoms with Gasteiger partial charge in [-0.1, -0.05) is 36.4 Å². The van der Waals surface area contributed by atoms with E-state index >= 15 is 0 Å². The maximum Gasteiger partial charge on any atom is 0.208 e. The molecule has 198 valence electrons. The zero-order chi connectivity index (χ0) is 26.8. The predicted octanol–water partition coefficient (Wildman–Crippen LogP) is 6.56. The Morgan fingerprint density at radius 3 is 2.51 bits per heavy atom. The van der Waals surface area contributed by atoms with Crippen LogP contribution in [0.15, 0.2) is 88.9 Å². The number of rotatable bonds is 8. The fourth-order valence-corrected chi connectivity index (χ4v) is 7.46. The first-order chi connectivity index (χ1) is 19.0. The molecule has 0 saturated carbocycles. The van der Waals surface area contributed by atoms with Gasteiger partial charge in [0.1, 0.15) is 0 Å². The number of benzene rings is 3. The van der Waals surface area contributed by atoms with E-state index in [4.69, 9.17) is 0 Å². The number of H-pyrrole nitrogens is 2. The zero-order valence-electron chi connectivity index (χ0n) is 21.9. The third-order valence-corrected chi connectivity index (χ3v) is 9.96. The average Bonchev–Trinajstić information content (AvgIpc) is 3.60. The van der Waals surface area contributed by atoms with Gasteiger partial charge in [-0.05, 0) is 99.1 Å². The molecule has 2 aromatic heterocycles. The van der Waals surface area contributed by atoms with Crippen LogP contribution in [0, 0.1) is 11.3 Å². The molecule has 0 amide bonds. The van der Waals surface area contributed by atoms with Crippen molar-refractivity contribution < 1.29 is 8.42 Å². The molecule has 0 spiro atoms. The SMILES string of the molecule is N#Cc1ccc2[nH]cc(CCCCN3CCC(c4cccc5c(S(=O)(=O)c6ccccc6)c[nH]c45)CC3)c2c1. The van der Waals surface area contributed by atoms with Crippen LogP contribution in [-0.4, -0.2) is 42.9 Å². The summed E-state index contributed by atoms with van der Waals surface area (Å²) in [7, 11) is -3.58. The average molecular weight is 537 g/mol. The Bertz CT molecular complexity index is 1750. The third-order valence-electron chi connectivity index (χ3n) is 8.15. The highest BCUT2D eigenvalue weighted by molar-refractivity contribution is 7.91. The highest BCUT2D eigenvalue weighted by Crippen LogP contribution is 2.36. The van der Waals surface area contributed by atoms with Crippen molar-refractivity contribution in [1.29, 1.82) is 5.26 Å². The van der Waals surface area contributed by atoms with Crippen LogP contribution in [0.5, 0.6) is 0 Å². The molecule has 5 aromatic rings. The molecular formula is C32H32N4O2S. The van der Waals surface area contributed by atoms with E-state index in [1.165, 1.54) is 11.1 Å². The Morgan fingerprint density at radius 1 is 0.897 bits per heavy atom. The molecule has 1 aliphatic heterocycles. The first-order valence-corrected chi connectivity index (χ1v) is 15.2. The highest BCUT2D eigenvalue weighted by Gasteiger charge is 2.26. The molecule has 0 radical (unpaired) electrons. The lowest BCUT2D eigenvalue weighted by molar-refractivity contribution is 0.209. The molecule has 39 heavy (non-hydrogen) atoms. The number of fused-ring (bicyclic) bond motifs is 2. The maximum atomic E-state index is 13.3. The number of likely N-dealkylation sites (tertiary alicyclic amines) is 1. The fourth-order valence-electron chi connectivity index (χ4n) is 6.01. The van der Waals surface area contributed by atoms with Crippen molar-refractivity contribution in [2.45, 2.75) is 47.8 Å². The van der Waals surface area contributed by atoms with E-state index in [1.807, 2.05) is 36.4 Å². The van der Waals surface area contributed by atoms with Gasteiger partial charge in [0.05, 0.1) is 26.9 Å². The Balaban J connectivity index is 1.06. The first kappa shape index (κ1) is 25.4. The molecule has 0 unspecified atom stereocenters. The molecule has 1 fully saturated rings. The molecule has 1 saturated heterocycles. The number of nitriles is 1. The Morgan fingerprint density at radius 2 is 1.72 bits per heavy atom. The molecule has 2 N–H and O–H groups in total. The molecule has 7 heteroatoms. The van der Waals surface area contributed by atoms with Gasteiger partial charge in [-0.15, -0.1) is 0 Å². The Kier molecular flexibility index (Phi) is 6.99. The monoisotopic (exact) mass is 536 g/mol. The summed E-state index contributed by atoms with van der Waals surface area (Å²) in [5, 5.41) is 11.1. The van der Waals surface area contributed by atoms with Crippen molar-refractivity contribution in [2.75, 3.05) is 19.6 Å².